The lowest BCUT2D eigenvalue weighted by molar-refractivity contribution is -0.142. The summed E-state index contributed by atoms with van der Waals surface area (Å²) in [6.07, 6.45) is 1.95. The van der Waals surface area contributed by atoms with Crippen molar-refractivity contribution in [3.63, 3.8) is 0 Å². The molecule has 0 amide bonds. The largest absolute Gasteiger partial charge is 0.481 e. The lowest BCUT2D eigenvalue weighted by Gasteiger charge is -2.26. The molecule has 2 N–H and O–H groups in total. The van der Waals surface area contributed by atoms with Gasteiger partial charge in [-0.2, -0.15) is 0 Å². The average molecular weight is 394 g/mol. The van der Waals surface area contributed by atoms with E-state index in [1.807, 2.05) is 0 Å². The van der Waals surface area contributed by atoms with Crippen LogP contribution >= 0.6 is 15.9 Å². The van der Waals surface area contributed by atoms with Crippen molar-refractivity contribution in [2.75, 3.05) is 0 Å². The minimum atomic E-state index is -3.58. The molecule has 1 aromatic rings. The van der Waals surface area contributed by atoms with Crippen LogP contribution < -0.4 is 4.72 Å². The highest BCUT2D eigenvalue weighted by Crippen LogP contribution is 2.25. The zero-order valence-corrected chi connectivity index (χ0v) is 14.2. The minimum absolute atomic E-state index is 0.249. The summed E-state index contributed by atoms with van der Waals surface area (Å²) in [5, 5.41) is 8.92. The van der Waals surface area contributed by atoms with Crippen LogP contribution in [-0.4, -0.2) is 25.5 Å². The minimum Gasteiger partial charge on any atom is -0.481 e. The van der Waals surface area contributed by atoms with Gasteiger partial charge in [-0.15, -0.1) is 0 Å². The number of benzene rings is 1. The van der Waals surface area contributed by atoms with Gasteiger partial charge in [0.2, 0.25) is 10.0 Å². The molecule has 1 aromatic carbocycles. The average Bonchev–Trinajstić information content (AvgIpc) is 2.42. The van der Waals surface area contributed by atoms with Gasteiger partial charge in [0.1, 0.15) is 5.82 Å². The fourth-order valence-electron chi connectivity index (χ4n) is 2.60. The number of hydrogen-bond donors (Lipinski definition) is 2. The summed E-state index contributed by atoms with van der Waals surface area (Å²) in [7, 11) is -3.58. The molecule has 22 heavy (non-hydrogen) atoms. The molecule has 0 radical (unpaired) electrons. The van der Waals surface area contributed by atoms with Gasteiger partial charge in [0.05, 0.1) is 16.1 Å². The number of rotatable bonds is 5. The van der Waals surface area contributed by atoms with E-state index in [1.54, 1.807) is 6.07 Å². The Morgan fingerprint density at radius 2 is 1.95 bits per heavy atom. The Morgan fingerprint density at radius 1 is 1.32 bits per heavy atom. The maximum absolute atomic E-state index is 13.4. The van der Waals surface area contributed by atoms with E-state index in [0.29, 0.717) is 31.2 Å². The van der Waals surface area contributed by atoms with Gasteiger partial charge in [-0.3, -0.25) is 4.79 Å². The number of carboxylic acids is 1. The molecule has 2 rings (SSSR count). The second-order valence-corrected chi connectivity index (χ2v) is 8.12. The number of nitrogens with one attached hydrogen (secondary N) is 1. The zero-order chi connectivity index (χ0) is 16.3. The topological polar surface area (TPSA) is 83.5 Å². The Balaban J connectivity index is 1.94. The maximum atomic E-state index is 13.4. The van der Waals surface area contributed by atoms with Crippen LogP contribution in [0.1, 0.15) is 31.2 Å². The van der Waals surface area contributed by atoms with Gasteiger partial charge < -0.3 is 5.11 Å². The smallest absolute Gasteiger partial charge is 0.306 e. The van der Waals surface area contributed by atoms with Crippen LogP contribution in [0, 0.1) is 11.7 Å². The Kier molecular flexibility index (Phi) is 5.57. The number of sulfonamides is 1. The molecule has 8 heteroatoms. The third kappa shape index (κ3) is 4.76. The molecular formula is C14H17BrFNO4S. The Bertz CT molecular complexity index is 657. The SMILES string of the molecule is O=C(O)C1CCC(NS(=O)(=O)Cc2ccc(Br)c(F)c2)CC1. The number of halogens is 2. The van der Waals surface area contributed by atoms with Gasteiger partial charge in [0, 0.05) is 6.04 Å². The molecule has 0 aromatic heterocycles. The Labute approximate surface area is 137 Å². The first-order chi connectivity index (χ1) is 10.3. The molecular weight excluding hydrogens is 377 g/mol. The summed E-state index contributed by atoms with van der Waals surface area (Å²) in [5.41, 5.74) is 0.368. The highest BCUT2D eigenvalue weighted by Gasteiger charge is 2.28. The van der Waals surface area contributed by atoms with Gasteiger partial charge in [-0.25, -0.2) is 17.5 Å². The van der Waals surface area contributed by atoms with Gasteiger partial charge >= 0.3 is 5.97 Å². The summed E-state index contributed by atoms with van der Waals surface area (Å²) < 4.78 is 40.5. The van der Waals surface area contributed by atoms with Crippen molar-refractivity contribution in [1.29, 1.82) is 0 Å². The van der Waals surface area contributed by atoms with Crippen LogP contribution in [0.3, 0.4) is 0 Å². The lowest BCUT2D eigenvalue weighted by Crippen LogP contribution is -2.39. The van der Waals surface area contributed by atoms with Crippen LogP contribution in [0.25, 0.3) is 0 Å². The normalized spacial score (nSPS) is 22.5. The van der Waals surface area contributed by atoms with Crippen molar-refractivity contribution < 1.29 is 22.7 Å². The molecule has 1 aliphatic rings. The van der Waals surface area contributed by atoms with E-state index in [2.05, 4.69) is 20.7 Å². The van der Waals surface area contributed by atoms with Crippen LogP contribution in [0.15, 0.2) is 22.7 Å². The molecule has 0 spiro atoms. The molecule has 1 saturated carbocycles. The van der Waals surface area contributed by atoms with Crippen molar-refractivity contribution >= 4 is 31.9 Å². The molecule has 122 valence electrons. The first-order valence-corrected chi connectivity index (χ1v) is 9.38. The fraction of sp³-hybridized carbons (Fsp3) is 0.500. The number of hydrogen-bond acceptors (Lipinski definition) is 3. The molecule has 0 aliphatic heterocycles. The summed E-state index contributed by atoms with van der Waals surface area (Å²) in [6, 6.07) is 3.96. The van der Waals surface area contributed by atoms with E-state index in [-0.39, 0.29) is 22.2 Å². The predicted octanol–water partition coefficient (Wildman–Crippen LogP) is 2.65. The van der Waals surface area contributed by atoms with Crippen LogP contribution in [0.5, 0.6) is 0 Å². The van der Waals surface area contributed by atoms with E-state index in [4.69, 9.17) is 5.11 Å². The Hall–Kier alpha value is -0.990. The molecule has 0 atom stereocenters. The molecule has 0 unspecified atom stereocenters. The van der Waals surface area contributed by atoms with Crippen molar-refractivity contribution in [3.8, 4) is 0 Å². The highest BCUT2D eigenvalue weighted by molar-refractivity contribution is 9.10. The van der Waals surface area contributed by atoms with Crippen molar-refractivity contribution in [2.24, 2.45) is 5.92 Å². The number of carbonyl (C=O) groups is 1. The van der Waals surface area contributed by atoms with Crippen molar-refractivity contribution in [2.45, 2.75) is 37.5 Å². The van der Waals surface area contributed by atoms with E-state index in [0.717, 1.165) is 0 Å². The second-order valence-electron chi connectivity index (χ2n) is 5.51. The molecule has 1 fully saturated rings. The van der Waals surface area contributed by atoms with E-state index < -0.39 is 21.8 Å². The molecule has 0 bridgehead atoms. The summed E-state index contributed by atoms with van der Waals surface area (Å²) in [5.74, 6) is -2.02. The van der Waals surface area contributed by atoms with Gasteiger partial charge in [-0.1, -0.05) is 6.07 Å². The predicted molar refractivity (Wildman–Crippen MR) is 83.2 cm³/mol. The number of aliphatic carboxylic acids is 1. The number of carboxylic acid groups (broad SMARTS) is 1. The second kappa shape index (κ2) is 7.06. The van der Waals surface area contributed by atoms with Crippen molar-refractivity contribution in [1.82, 2.24) is 4.72 Å². The van der Waals surface area contributed by atoms with E-state index in [9.17, 15) is 17.6 Å². The monoisotopic (exact) mass is 393 g/mol. The van der Waals surface area contributed by atoms with Gasteiger partial charge in [0.25, 0.3) is 0 Å². The summed E-state index contributed by atoms with van der Waals surface area (Å²) in [6.45, 7) is 0. The standard InChI is InChI=1S/C14H17BrFNO4S/c15-12-6-1-9(7-13(12)16)8-22(20,21)17-11-4-2-10(3-5-11)14(18)19/h1,6-7,10-11,17H,2-5,8H2,(H,18,19). The van der Waals surface area contributed by atoms with Gasteiger partial charge in [-0.05, 0) is 59.3 Å². The quantitative estimate of drug-likeness (QED) is 0.805. The van der Waals surface area contributed by atoms with E-state index >= 15 is 0 Å². The third-order valence-corrected chi connectivity index (χ3v) is 5.81. The van der Waals surface area contributed by atoms with Crippen LogP contribution in [0.4, 0.5) is 4.39 Å². The van der Waals surface area contributed by atoms with Crippen molar-refractivity contribution in [3.05, 3.63) is 34.1 Å². The van der Waals surface area contributed by atoms with Crippen LogP contribution in [0.2, 0.25) is 0 Å². The maximum Gasteiger partial charge on any atom is 0.306 e. The molecule has 0 saturated heterocycles. The molecule has 5 nitrogen and oxygen atoms in total. The molecule has 0 heterocycles. The third-order valence-electron chi connectivity index (χ3n) is 3.76. The molecule has 1 aliphatic carbocycles. The first-order valence-electron chi connectivity index (χ1n) is 6.93. The fourth-order valence-corrected chi connectivity index (χ4v) is 4.29. The van der Waals surface area contributed by atoms with E-state index in [1.165, 1.54) is 12.1 Å². The van der Waals surface area contributed by atoms with Gasteiger partial charge in [0.15, 0.2) is 0 Å². The first kappa shape index (κ1) is 17.4. The highest BCUT2D eigenvalue weighted by atomic mass is 79.9. The summed E-state index contributed by atoms with van der Waals surface area (Å²) >= 11 is 3.02. The van der Waals surface area contributed by atoms with Crippen LogP contribution in [-0.2, 0) is 20.6 Å². The summed E-state index contributed by atoms with van der Waals surface area (Å²) in [4.78, 5) is 10.9. The zero-order valence-electron chi connectivity index (χ0n) is 11.8. The lowest BCUT2D eigenvalue weighted by atomic mass is 9.87. The Morgan fingerprint density at radius 3 is 2.50 bits per heavy atom.